The number of nitrogens with one attached hydrogen (secondary N) is 1. The molecule has 0 bridgehead atoms. The van der Waals surface area contributed by atoms with E-state index in [9.17, 15) is 8.42 Å². The van der Waals surface area contributed by atoms with Crippen LogP contribution in [0.3, 0.4) is 0 Å². The molecule has 1 aromatic rings. The third-order valence-electron chi connectivity index (χ3n) is 2.28. The van der Waals surface area contributed by atoms with Crippen molar-refractivity contribution in [2.24, 2.45) is 0 Å². The summed E-state index contributed by atoms with van der Waals surface area (Å²) in [5.41, 5.74) is 7.21. The summed E-state index contributed by atoms with van der Waals surface area (Å²) in [6.45, 7) is 3.04. The first kappa shape index (κ1) is 12.3. The molecule has 1 rings (SSSR count). The Morgan fingerprint density at radius 3 is 2.69 bits per heavy atom. The fraction of sp³-hybridized carbons (Fsp3) is 0.300. The third kappa shape index (κ3) is 2.44. The van der Waals surface area contributed by atoms with E-state index in [0.29, 0.717) is 16.9 Å². The number of nitrogens with zero attached hydrogens (tertiary/aromatic N) is 1. The van der Waals surface area contributed by atoms with Gasteiger partial charge < -0.3 is 5.73 Å². The molecule has 0 aromatic heterocycles. The zero-order valence-corrected chi connectivity index (χ0v) is 9.88. The molecule has 16 heavy (non-hydrogen) atoms. The summed E-state index contributed by atoms with van der Waals surface area (Å²) >= 11 is 0. The van der Waals surface area contributed by atoms with Gasteiger partial charge in [0.1, 0.15) is 0 Å². The second-order valence-electron chi connectivity index (χ2n) is 3.44. The molecule has 1 unspecified atom stereocenters. The molecule has 0 saturated heterocycles. The van der Waals surface area contributed by atoms with Crippen molar-refractivity contribution in [1.82, 2.24) is 0 Å². The minimum absolute atomic E-state index is 0.405. The molecular weight excluding hydrogens is 226 g/mol. The van der Waals surface area contributed by atoms with Gasteiger partial charge in [-0.3, -0.25) is 4.72 Å². The number of benzene rings is 1. The van der Waals surface area contributed by atoms with Crippen molar-refractivity contribution in [2.75, 3.05) is 10.5 Å². The van der Waals surface area contributed by atoms with E-state index in [0.717, 1.165) is 0 Å². The Bertz CT molecular complexity index is 531. The largest absolute Gasteiger partial charge is 0.398 e. The topological polar surface area (TPSA) is 96.0 Å². The third-order valence-corrected chi connectivity index (χ3v) is 3.82. The van der Waals surface area contributed by atoms with Gasteiger partial charge in [-0.2, -0.15) is 5.26 Å². The van der Waals surface area contributed by atoms with Crippen LogP contribution in [0.2, 0.25) is 0 Å². The second kappa shape index (κ2) is 4.41. The number of hydrogen-bond donors (Lipinski definition) is 2. The average molecular weight is 239 g/mol. The molecule has 0 aliphatic rings. The number of anilines is 2. The molecule has 0 heterocycles. The van der Waals surface area contributed by atoms with Gasteiger partial charge in [-0.15, -0.1) is 0 Å². The molecule has 0 radical (unpaired) electrons. The van der Waals surface area contributed by atoms with Crippen LogP contribution in [0.5, 0.6) is 0 Å². The van der Waals surface area contributed by atoms with Crippen molar-refractivity contribution in [3.63, 3.8) is 0 Å². The van der Waals surface area contributed by atoms with Crippen molar-refractivity contribution in [2.45, 2.75) is 19.1 Å². The highest BCUT2D eigenvalue weighted by molar-refractivity contribution is 7.93. The molecule has 1 atom stereocenters. The summed E-state index contributed by atoms with van der Waals surface area (Å²) < 4.78 is 25.6. The van der Waals surface area contributed by atoms with Crippen LogP contribution >= 0.6 is 0 Å². The van der Waals surface area contributed by atoms with Crippen molar-refractivity contribution >= 4 is 21.4 Å². The maximum atomic E-state index is 11.6. The van der Waals surface area contributed by atoms with Gasteiger partial charge in [0.2, 0.25) is 10.0 Å². The number of nitrogens with two attached hydrogens (primary N) is 1. The number of nitrogen functional groups attached to an aromatic ring is 1. The Morgan fingerprint density at radius 1 is 1.50 bits per heavy atom. The minimum atomic E-state index is -3.67. The molecule has 86 valence electrons. The SMILES string of the molecule is Cc1c(N)cccc1NS(=O)(=O)C(C)C#N. The van der Waals surface area contributed by atoms with Crippen LogP contribution in [0.1, 0.15) is 12.5 Å². The van der Waals surface area contributed by atoms with Gasteiger partial charge in [0, 0.05) is 5.69 Å². The molecule has 6 heteroatoms. The maximum absolute atomic E-state index is 11.6. The van der Waals surface area contributed by atoms with Gasteiger partial charge in [-0.1, -0.05) is 6.07 Å². The number of rotatable bonds is 3. The molecule has 0 spiro atoms. The van der Waals surface area contributed by atoms with E-state index < -0.39 is 15.3 Å². The summed E-state index contributed by atoms with van der Waals surface area (Å²) in [6, 6.07) is 6.61. The van der Waals surface area contributed by atoms with Crippen LogP contribution in [-0.2, 0) is 10.0 Å². The van der Waals surface area contributed by atoms with Crippen LogP contribution in [0.25, 0.3) is 0 Å². The smallest absolute Gasteiger partial charge is 0.248 e. The van der Waals surface area contributed by atoms with E-state index in [1.54, 1.807) is 31.2 Å². The van der Waals surface area contributed by atoms with E-state index in [-0.39, 0.29) is 0 Å². The monoisotopic (exact) mass is 239 g/mol. The lowest BCUT2D eigenvalue weighted by atomic mass is 10.2. The Morgan fingerprint density at radius 2 is 2.12 bits per heavy atom. The molecule has 0 fully saturated rings. The Balaban J connectivity index is 3.08. The van der Waals surface area contributed by atoms with Crippen molar-refractivity contribution < 1.29 is 8.42 Å². The van der Waals surface area contributed by atoms with Gasteiger partial charge in [0.25, 0.3) is 0 Å². The highest BCUT2D eigenvalue weighted by Gasteiger charge is 2.20. The lowest BCUT2D eigenvalue weighted by Gasteiger charge is -2.12. The zero-order chi connectivity index (χ0) is 12.3. The molecule has 5 nitrogen and oxygen atoms in total. The minimum Gasteiger partial charge on any atom is -0.398 e. The van der Waals surface area contributed by atoms with Gasteiger partial charge in [0.15, 0.2) is 5.25 Å². The summed E-state index contributed by atoms with van der Waals surface area (Å²) in [5, 5.41) is 7.48. The highest BCUT2D eigenvalue weighted by Crippen LogP contribution is 2.22. The summed E-state index contributed by atoms with van der Waals surface area (Å²) in [4.78, 5) is 0. The summed E-state index contributed by atoms with van der Waals surface area (Å²) in [7, 11) is -3.67. The van der Waals surface area contributed by atoms with Gasteiger partial charge >= 0.3 is 0 Å². The van der Waals surface area contributed by atoms with Crippen LogP contribution in [0.15, 0.2) is 18.2 Å². The van der Waals surface area contributed by atoms with Gasteiger partial charge in [-0.05, 0) is 31.5 Å². The van der Waals surface area contributed by atoms with E-state index in [1.165, 1.54) is 6.92 Å². The van der Waals surface area contributed by atoms with Crippen LogP contribution in [0, 0.1) is 18.3 Å². The summed E-state index contributed by atoms with van der Waals surface area (Å²) in [5.74, 6) is 0. The molecule has 3 N–H and O–H groups in total. The first-order chi connectivity index (χ1) is 7.38. The van der Waals surface area contributed by atoms with Crippen molar-refractivity contribution in [3.05, 3.63) is 23.8 Å². The highest BCUT2D eigenvalue weighted by atomic mass is 32.2. The van der Waals surface area contributed by atoms with E-state index in [4.69, 9.17) is 11.0 Å². The summed E-state index contributed by atoms with van der Waals surface area (Å²) in [6.07, 6.45) is 0. The Labute approximate surface area is 94.9 Å². The molecule has 1 aromatic carbocycles. The molecule has 0 aliphatic heterocycles. The van der Waals surface area contributed by atoms with E-state index in [1.807, 2.05) is 0 Å². The standard InChI is InChI=1S/C10H13N3O2S/c1-7(6-11)16(14,15)13-10-5-3-4-9(12)8(10)2/h3-5,7,13H,12H2,1-2H3. The van der Waals surface area contributed by atoms with E-state index in [2.05, 4.69) is 4.72 Å². The van der Waals surface area contributed by atoms with Gasteiger partial charge in [0.05, 0.1) is 11.8 Å². The predicted octanol–water partition coefficient (Wildman–Crippen LogP) is 1.23. The fourth-order valence-corrected chi connectivity index (χ4v) is 1.92. The van der Waals surface area contributed by atoms with Crippen molar-refractivity contribution in [1.29, 1.82) is 5.26 Å². The number of sulfonamides is 1. The Kier molecular flexibility index (Phi) is 3.40. The zero-order valence-electron chi connectivity index (χ0n) is 9.06. The fourth-order valence-electron chi connectivity index (χ4n) is 1.08. The second-order valence-corrected chi connectivity index (χ2v) is 5.44. The Hall–Kier alpha value is -1.74. The molecular formula is C10H13N3O2S. The van der Waals surface area contributed by atoms with Gasteiger partial charge in [-0.25, -0.2) is 8.42 Å². The van der Waals surface area contributed by atoms with Crippen LogP contribution < -0.4 is 10.5 Å². The number of hydrogen-bond acceptors (Lipinski definition) is 4. The maximum Gasteiger partial charge on any atom is 0.248 e. The molecule has 0 aliphatic carbocycles. The number of nitriles is 1. The normalized spacial score (nSPS) is 12.8. The van der Waals surface area contributed by atoms with Crippen molar-refractivity contribution in [3.8, 4) is 6.07 Å². The quantitative estimate of drug-likeness (QED) is 0.775. The average Bonchev–Trinajstić information content (AvgIpc) is 2.23. The molecule has 0 saturated carbocycles. The van der Waals surface area contributed by atoms with Crippen LogP contribution in [-0.4, -0.2) is 13.7 Å². The first-order valence-corrected chi connectivity index (χ1v) is 6.19. The first-order valence-electron chi connectivity index (χ1n) is 4.65. The molecule has 0 amide bonds. The van der Waals surface area contributed by atoms with Crippen LogP contribution in [0.4, 0.5) is 11.4 Å². The lowest BCUT2D eigenvalue weighted by molar-refractivity contribution is 0.597. The lowest BCUT2D eigenvalue weighted by Crippen LogP contribution is -2.24. The predicted molar refractivity (Wildman–Crippen MR) is 63.2 cm³/mol. The van der Waals surface area contributed by atoms with E-state index >= 15 is 0 Å².